The van der Waals surface area contributed by atoms with E-state index in [1.54, 1.807) is 27.1 Å². The zero-order valence-corrected chi connectivity index (χ0v) is 15.3. The van der Waals surface area contributed by atoms with Crippen molar-refractivity contribution < 1.29 is 9.59 Å². The minimum atomic E-state index is -0.451. The van der Waals surface area contributed by atoms with E-state index in [2.05, 4.69) is 23.4 Å². The Kier molecular flexibility index (Phi) is 5.86. The van der Waals surface area contributed by atoms with Crippen molar-refractivity contribution in [2.75, 3.05) is 13.1 Å². The first-order valence-electron chi connectivity index (χ1n) is 8.79. The minimum Gasteiger partial charge on any atom is -0.354 e. The van der Waals surface area contributed by atoms with Gasteiger partial charge in [0.1, 0.15) is 6.04 Å². The molecule has 1 N–H and O–H groups in total. The zero-order chi connectivity index (χ0) is 17.6. The maximum absolute atomic E-state index is 12.7. The summed E-state index contributed by atoms with van der Waals surface area (Å²) in [6.45, 7) is 3.59. The van der Waals surface area contributed by atoms with Crippen LogP contribution in [0.15, 0.2) is 29.8 Å². The quantitative estimate of drug-likeness (QED) is 0.824. The average molecular weight is 360 g/mol. The van der Waals surface area contributed by atoms with E-state index in [1.807, 2.05) is 17.5 Å². The molecule has 0 radical (unpaired) electrons. The second-order valence-corrected chi connectivity index (χ2v) is 7.31. The maximum atomic E-state index is 12.7. The Morgan fingerprint density at radius 2 is 2.28 bits per heavy atom. The van der Waals surface area contributed by atoms with E-state index >= 15 is 0 Å². The molecule has 0 saturated carbocycles. The number of nitrogens with zero attached hydrogens (tertiary/aromatic N) is 3. The Morgan fingerprint density at radius 3 is 3.04 bits per heavy atom. The van der Waals surface area contributed by atoms with Gasteiger partial charge in [-0.2, -0.15) is 5.10 Å². The molecule has 134 valence electrons. The summed E-state index contributed by atoms with van der Waals surface area (Å²) in [5, 5.41) is 9.32. The van der Waals surface area contributed by atoms with Crippen LogP contribution in [-0.4, -0.2) is 39.6 Å². The fourth-order valence-corrected chi connectivity index (χ4v) is 3.75. The lowest BCUT2D eigenvalue weighted by atomic mass is 10.1. The van der Waals surface area contributed by atoms with Crippen molar-refractivity contribution in [3.05, 3.63) is 40.3 Å². The van der Waals surface area contributed by atoms with Crippen LogP contribution in [0, 0.1) is 0 Å². The van der Waals surface area contributed by atoms with Crippen molar-refractivity contribution in [1.82, 2.24) is 20.0 Å². The summed E-state index contributed by atoms with van der Waals surface area (Å²) in [4.78, 5) is 28.1. The van der Waals surface area contributed by atoms with Gasteiger partial charge in [-0.05, 0) is 30.4 Å². The highest BCUT2D eigenvalue weighted by molar-refractivity contribution is 7.09. The second-order valence-electron chi connectivity index (χ2n) is 6.28. The van der Waals surface area contributed by atoms with E-state index in [9.17, 15) is 9.59 Å². The van der Waals surface area contributed by atoms with Crippen LogP contribution < -0.4 is 5.32 Å². The summed E-state index contributed by atoms with van der Waals surface area (Å²) in [7, 11) is 0. The molecule has 1 aliphatic rings. The van der Waals surface area contributed by atoms with Crippen molar-refractivity contribution >= 4 is 23.2 Å². The van der Waals surface area contributed by atoms with Crippen molar-refractivity contribution in [1.29, 1.82) is 0 Å². The summed E-state index contributed by atoms with van der Waals surface area (Å²) in [6, 6.07) is 5.51. The van der Waals surface area contributed by atoms with Crippen LogP contribution in [0.3, 0.4) is 0 Å². The molecule has 1 unspecified atom stereocenters. The van der Waals surface area contributed by atoms with Crippen molar-refractivity contribution in [3.63, 3.8) is 0 Å². The molecular formula is C18H24N4O2S. The van der Waals surface area contributed by atoms with E-state index in [-0.39, 0.29) is 11.8 Å². The monoisotopic (exact) mass is 360 g/mol. The van der Waals surface area contributed by atoms with Gasteiger partial charge in [0, 0.05) is 24.0 Å². The van der Waals surface area contributed by atoms with Gasteiger partial charge in [0.05, 0.1) is 18.8 Å². The van der Waals surface area contributed by atoms with Crippen molar-refractivity contribution in [2.45, 2.75) is 45.2 Å². The third-order valence-corrected chi connectivity index (χ3v) is 5.38. The van der Waals surface area contributed by atoms with Gasteiger partial charge < -0.3 is 10.2 Å². The van der Waals surface area contributed by atoms with Crippen molar-refractivity contribution in [3.8, 4) is 0 Å². The molecule has 7 heteroatoms. The number of thiophene rings is 1. The third kappa shape index (κ3) is 4.28. The summed E-state index contributed by atoms with van der Waals surface area (Å²) < 4.78 is 1.75. The highest BCUT2D eigenvalue weighted by atomic mass is 32.1. The second kappa shape index (κ2) is 8.29. The van der Waals surface area contributed by atoms with Gasteiger partial charge >= 0.3 is 0 Å². The summed E-state index contributed by atoms with van der Waals surface area (Å²) in [5.41, 5.74) is 0.912. The van der Waals surface area contributed by atoms with Gasteiger partial charge in [-0.3, -0.25) is 14.3 Å². The molecule has 2 aromatic heterocycles. The Labute approximate surface area is 151 Å². The number of unbranched alkanes of at least 4 members (excludes halogenated alkanes) is 1. The molecule has 3 heterocycles. The van der Waals surface area contributed by atoms with Crippen molar-refractivity contribution in [2.24, 2.45) is 0 Å². The molecule has 1 aliphatic heterocycles. The van der Waals surface area contributed by atoms with Crippen LogP contribution in [0.2, 0.25) is 0 Å². The number of rotatable bonds is 7. The van der Waals surface area contributed by atoms with Crippen LogP contribution >= 0.6 is 11.3 Å². The van der Waals surface area contributed by atoms with Crippen LogP contribution in [-0.2, 0) is 22.6 Å². The number of aromatic nitrogens is 2. The number of carbonyl (C=O) groups excluding carboxylic acids is 2. The summed E-state index contributed by atoms with van der Waals surface area (Å²) in [5.74, 6) is 0.0418. The fourth-order valence-electron chi connectivity index (χ4n) is 3.05. The molecule has 2 amide bonds. The number of hydrogen-bond acceptors (Lipinski definition) is 4. The van der Waals surface area contributed by atoms with Gasteiger partial charge in [-0.25, -0.2) is 0 Å². The molecule has 2 aromatic rings. The maximum Gasteiger partial charge on any atom is 0.246 e. The van der Waals surface area contributed by atoms with E-state index < -0.39 is 6.04 Å². The number of carbonyl (C=O) groups is 2. The van der Waals surface area contributed by atoms with E-state index in [0.717, 1.165) is 25.0 Å². The number of fused-ring (bicyclic) bond motifs is 1. The molecule has 0 spiro atoms. The Bertz CT molecular complexity index is 710. The molecule has 6 nitrogen and oxygen atoms in total. The first kappa shape index (κ1) is 17.7. The number of amides is 2. The molecular weight excluding hydrogens is 336 g/mol. The van der Waals surface area contributed by atoms with Crippen LogP contribution in [0.4, 0.5) is 0 Å². The lowest BCUT2D eigenvalue weighted by molar-refractivity contribution is -0.135. The zero-order valence-electron chi connectivity index (χ0n) is 14.5. The molecule has 0 bridgehead atoms. The van der Waals surface area contributed by atoms with Gasteiger partial charge in [0.15, 0.2) is 0 Å². The highest BCUT2D eigenvalue weighted by Gasteiger charge is 2.32. The van der Waals surface area contributed by atoms with E-state index in [0.29, 0.717) is 26.1 Å². The Hall–Kier alpha value is -2.15. The average Bonchev–Trinajstić information content (AvgIpc) is 3.29. The van der Waals surface area contributed by atoms with Gasteiger partial charge in [0.2, 0.25) is 11.8 Å². The lowest BCUT2D eigenvalue weighted by Gasteiger charge is -2.33. The van der Waals surface area contributed by atoms with Crippen LogP contribution in [0.25, 0.3) is 0 Å². The largest absolute Gasteiger partial charge is 0.354 e. The molecule has 3 rings (SSSR count). The van der Waals surface area contributed by atoms with Crippen LogP contribution in [0.5, 0.6) is 0 Å². The molecule has 0 aliphatic carbocycles. The standard InChI is InChI=1S/C18H24N4O2S/c1-2-3-6-17(23)21-12-14-7-10-20-22(14)16(13-21)18(24)19-9-8-15-5-4-11-25-15/h4-5,7,10-11,16H,2-3,6,8-9,12-13H2,1H3,(H,19,24). The molecule has 0 aromatic carbocycles. The van der Waals surface area contributed by atoms with E-state index in [4.69, 9.17) is 0 Å². The topological polar surface area (TPSA) is 67.2 Å². The number of nitrogens with one attached hydrogen (secondary N) is 1. The molecule has 1 atom stereocenters. The normalized spacial score (nSPS) is 16.5. The van der Waals surface area contributed by atoms with Gasteiger partial charge in [0.25, 0.3) is 0 Å². The summed E-state index contributed by atoms with van der Waals surface area (Å²) >= 11 is 1.69. The predicted octanol–water partition coefficient (Wildman–Crippen LogP) is 2.38. The Balaban J connectivity index is 1.62. The Morgan fingerprint density at radius 1 is 1.40 bits per heavy atom. The minimum absolute atomic E-state index is 0.0745. The number of hydrogen-bond donors (Lipinski definition) is 1. The predicted molar refractivity (Wildman–Crippen MR) is 97.2 cm³/mol. The smallest absolute Gasteiger partial charge is 0.246 e. The van der Waals surface area contributed by atoms with E-state index in [1.165, 1.54) is 4.88 Å². The SMILES string of the molecule is CCCCC(=O)N1Cc2ccnn2C(C(=O)NCCc2cccs2)C1. The van der Waals surface area contributed by atoms with Gasteiger partial charge in [-0.1, -0.05) is 19.4 Å². The first-order chi connectivity index (χ1) is 12.2. The third-order valence-electron chi connectivity index (χ3n) is 4.44. The fraction of sp³-hybridized carbons (Fsp3) is 0.500. The lowest BCUT2D eigenvalue weighted by Crippen LogP contribution is -2.47. The summed E-state index contributed by atoms with van der Waals surface area (Å²) in [6.07, 6.45) is 4.93. The van der Waals surface area contributed by atoms with Crippen LogP contribution in [0.1, 0.15) is 42.8 Å². The molecule has 0 fully saturated rings. The highest BCUT2D eigenvalue weighted by Crippen LogP contribution is 2.21. The first-order valence-corrected chi connectivity index (χ1v) is 9.67. The molecule has 0 saturated heterocycles. The molecule has 25 heavy (non-hydrogen) atoms. The van der Waals surface area contributed by atoms with Gasteiger partial charge in [-0.15, -0.1) is 11.3 Å².